The van der Waals surface area contributed by atoms with Crippen molar-refractivity contribution >= 4 is 23.6 Å². The third-order valence-electron chi connectivity index (χ3n) is 7.52. The molecule has 4 amide bonds. The minimum atomic E-state index is -0.970. The zero-order valence-electron chi connectivity index (χ0n) is 24.2. The monoisotopic (exact) mass is 585 g/mol. The van der Waals surface area contributed by atoms with Crippen LogP contribution in [0.25, 0.3) is 0 Å². The van der Waals surface area contributed by atoms with Crippen molar-refractivity contribution in [3.63, 3.8) is 0 Å². The number of carbonyl (C=O) groups excluding carboxylic acids is 4. The van der Waals surface area contributed by atoms with Gasteiger partial charge < -0.3 is 31.7 Å². The molecule has 0 aliphatic carbocycles. The molecule has 0 aromatic heterocycles. The van der Waals surface area contributed by atoms with Gasteiger partial charge >= 0.3 is 0 Å². The van der Waals surface area contributed by atoms with Crippen LogP contribution in [0.5, 0.6) is 5.75 Å². The van der Waals surface area contributed by atoms with Gasteiger partial charge in [0, 0.05) is 19.5 Å². The average Bonchev–Trinajstić information content (AvgIpc) is 3.51. The second-order valence-corrected chi connectivity index (χ2v) is 10.9. The summed E-state index contributed by atoms with van der Waals surface area (Å²) in [4.78, 5) is 54.4. The van der Waals surface area contributed by atoms with E-state index in [0.29, 0.717) is 25.9 Å². The highest BCUT2D eigenvalue weighted by molar-refractivity contribution is 5.95. The fourth-order valence-corrected chi connectivity index (χ4v) is 5.13. The zero-order chi connectivity index (χ0) is 30.8. The molecule has 226 valence electrons. The molecule has 0 spiro atoms. The van der Waals surface area contributed by atoms with Crippen molar-refractivity contribution in [2.45, 2.75) is 63.3 Å². The number of phenolic OH excluding ortho intramolecular Hbond substituents is 1. The van der Waals surface area contributed by atoms with Crippen LogP contribution in [0.2, 0.25) is 0 Å². The van der Waals surface area contributed by atoms with Crippen LogP contribution in [0.1, 0.15) is 36.5 Å². The van der Waals surface area contributed by atoms with E-state index in [-0.39, 0.29) is 30.4 Å². The van der Waals surface area contributed by atoms with Gasteiger partial charge in [-0.2, -0.15) is 0 Å². The quantitative estimate of drug-likeness (QED) is 0.219. The van der Waals surface area contributed by atoms with E-state index < -0.39 is 36.0 Å². The Morgan fingerprint density at radius 2 is 1.44 bits per heavy atom. The van der Waals surface area contributed by atoms with E-state index in [0.717, 1.165) is 16.7 Å². The zero-order valence-corrected chi connectivity index (χ0v) is 24.2. The summed E-state index contributed by atoms with van der Waals surface area (Å²) in [7, 11) is 0. The van der Waals surface area contributed by atoms with Crippen molar-refractivity contribution in [2.24, 2.45) is 5.73 Å². The van der Waals surface area contributed by atoms with Crippen LogP contribution in [0.3, 0.4) is 0 Å². The van der Waals surface area contributed by atoms with E-state index in [4.69, 9.17) is 5.73 Å². The first-order chi connectivity index (χ1) is 20.7. The molecule has 0 bridgehead atoms. The first-order valence-corrected chi connectivity index (χ1v) is 14.5. The largest absolute Gasteiger partial charge is 0.508 e. The Balaban J connectivity index is 1.40. The number of nitrogens with zero attached hydrogens (tertiary/aromatic N) is 1. The Morgan fingerprint density at radius 1 is 0.837 bits per heavy atom. The molecule has 10 heteroatoms. The molecule has 10 nitrogen and oxygen atoms in total. The highest BCUT2D eigenvalue weighted by Gasteiger charge is 2.38. The Morgan fingerprint density at radius 3 is 2.09 bits per heavy atom. The molecular weight excluding hydrogens is 546 g/mol. The predicted octanol–water partition coefficient (Wildman–Crippen LogP) is 1.80. The minimum Gasteiger partial charge on any atom is -0.508 e. The van der Waals surface area contributed by atoms with Gasteiger partial charge in [0.1, 0.15) is 23.9 Å². The predicted molar refractivity (Wildman–Crippen MR) is 162 cm³/mol. The van der Waals surface area contributed by atoms with Crippen LogP contribution in [0.15, 0.2) is 84.9 Å². The van der Waals surface area contributed by atoms with Gasteiger partial charge in [0.2, 0.25) is 23.6 Å². The number of phenols is 1. The fourth-order valence-electron chi connectivity index (χ4n) is 5.13. The number of hydrogen-bond acceptors (Lipinski definition) is 6. The number of likely N-dealkylation sites (tertiary alicyclic amines) is 1. The van der Waals surface area contributed by atoms with Crippen LogP contribution in [-0.2, 0) is 38.6 Å². The van der Waals surface area contributed by atoms with E-state index in [2.05, 4.69) is 16.0 Å². The normalized spacial score (nSPS) is 16.5. The molecule has 43 heavy (non-hydrogen) atoms. The molecule has 1 heterocycles. The van der Waals surface area contributed by atoms with Gasteiger partial charge in [-0.05, 0) is 55.0 Å². The van der Waals surface area contributed by atoms with Crippen molar-refractivity contribution < 1.29 is 24.3 Å². The number of benzene rings is 3. The maximum Gasteiger partial charge on any atom is 0.243 e. The van der Waals surface area contributed by atoms with E-state index in [1.807, 2.05) is 60.7 Å². The number of carbonyl (C=O) groups is 4. The molecule has 1 saturated heterocycles. The van der Waals surface area contributed by atoms with Gasteiger partial charge in [-0.1, -0.05) is 72.8 Å². The van der Waals surface area contributed by atoms with E-state index in [1.165, 1.54) is 17.0 Å². The molecule has 3 aromatic carbocycles. The molecule has 1 fully saturated rings. The van der Waals surface area contributed by atoms with Crippen molar-refractivity contribution in [3.05, 3.63) is 102 Å². The SMILES string of the molecule is CC(NC(=O)C(Cc1ccccc1)NC(=O)C1CCCN1C(=O)C(N)Cc1ccc(O)cc1)C(=O)NCc1ccccc1. The second-order valence-electron chi connectivity index (χ2n) is 10.9. The van der Waals surface area contributed by atoms with E-state index in [9.17, 15) is 24.3 Å². The molecule has 3 aromatic rings. The standard InChI is InChI=1S/C33H39N5O5/c1-22(30(40)35-21-25-11-6-3-7-12-25)36-31(41)28(20-23-9-4-2-5-10-23)37-32(42)29-13-8-18-38(29)33(43)27(34)19-24-14-16-26(39)17-15-24/h2-7,9-12,14-17,22,27-29,39H,8,13,18-21,34H2,1H3,(H,35,40)(H,36,41)(H,37,42). The van der Waals surface area contributed by atoms with Gasteiger partial charge in [-0.25, -0.2) is 0 Å². The summed E-state index contributed by atoms with van der Waals surface area (Å²) in [5, 5.41) is 17.9. The maximum absolute atomic E-state index is 13.5. The highest BCUT2D eigenvalue weighted by atomic mass is 16.3. The summed E-state index contributed by atoms with van der Waals surface area (Å²) < 4.78 is 0. The smallest absolute Gasteiger partial charge is 0.243 e. The first kappa shape index (κ1) is 31.2. The Labute approximate surface area is 251 Å². The van der Waals surface area contributed by atoms with E-state index >= 15 is 0 Å². The lowest BCUT2D eigenvalue weighted by Crippen LogP contribution is -2.57. The number of rotatable bonds is 12. The van der Waals surface area contributed by atoms with Crippen LogP contribution >= 0.6 is 0 Å². The summed E-state index contributed by atoms with van der Waals surface area (Å²) >= 11 is 0. The minimum absolute atomic E-state index is 0.122. The molecule has 1 aliphatic heterocycles. The molecule has 4 rings (SSSR count). The van der Waals surface area contributed by atoms with Crippen molar-refractivity contribution in [3.8, 4) is 5.75 Å². The molecule has 6 N–H and O–H groups in total. The third-order valence-corrected chi connectivity index (χ3v) is 7.52. The fraction of sp³-hybridized carbons (Fsp3) is 0.333. The van der Waals surface area contributed by atoms with Crippen LogP contribution in [0.4, 0.5) is 0 Å². The van der Waals surface area contributed by atoms with Crippen molar-refractivity contribution in [1.82, 2.24) is 20.9 Å². The topological polar surface area (TPSA) is 154 Å². The third kappa shape index (κ3) is 8.89. The average molecular weight is 586 g/mol. The summed E-state index contributed by atoms with van der Waals surface area (Å²) in [5.41, 5.74) is 8.80. The Hall–Kier alpha value is -4.70. The summed E-state index contributed by atoms with van der Waals surface area (Å²) in [6.45, 7) is 2.30. The summed E-state index contributed by atoms with van der Waals surface area (Å²) in [5.74, 6) is -1.52. The second kappa shape index (κ2) is 15.0. The highest BCUT2D eigenvalue weighted by Crippen LogP contribution is 2.20. The summed E-state index contributed by atoms with van der Waals surface area (Å²) in [6, 6.07) is 21.7. The van der Waals surface area contributed by atoms with E-state index in [1.54, 1.807) is 19.1 Å². The van der Waals surface area contributed by atoms with Gasteiger partial charge in [0.05, 0.1) is 6.04 Å². The van der Waals surface area contributed by atoms with Crippen LogP contribution < -0.4 is 21.7 Å². The number of amides is 4. The molecule has 4 atom stereocenters. The number of hydrogen-bond donors (Lipinski definition) is 5. The molecule has 4 unspecified atom stereocenters. The van der Waals surface area contributed by atoms with Crippen LogP contribution in [0, 0.1) is 0 Å². The molecular formula is C33H39N5O5. The summed E-state index contributed by atoms with van der Waals surface area (Å²) in [6.07, 6.45) is 1.54. The lowest BCUT2D eigenvalue weighted by Gasteiger charge is -2.28. The van der Waals surface area contributed by atoms with Gasteiger partial charge in [-0.3, -0.25) is 19.2 Å². The molecule has 0 radical (unpaired) electrons. The first-order valence-electron chi connectivity index (χ1n) is 14.5. The Bertz CT molecular complexity index is 1380. The Kier molecular flexibility index (Phi) is 10.9. The van der Waals surface area contributed by atoms with Gasteiger partial charge in [0.25, 0.3) is 0 Å². The van der Waals surface area contributed by atoms with Gasteiger partial charge in [0.15, 0.2) is 0 Å². The lowest BCUT2D eigenvalue weighted by molar-refractivity contribution is -0.140. The number of nitrogens with two attached hydrogens (primary N) is 1. The number of aromatic hydroxyl groups is 1. The van der Waals surface area contributed by atoms with Gasteiger partial charge in [-0.15, -0.1) is 0 Å². The molecule has 0 saturated carbocycles. The molecule has 1 aliphatic rings. The number of nitrogens with one attached hydrogen (secondary N) is 3. The van der Waals surface area contributed by atoms with Crippen LogP contribution in [-0.4, -0.2) is 64.3 Å². The lowest BCUT2D eigenvalue weighted by atomic mass is 10.0. The maximum atomic E-state index is 13.5. The van der Waals surface area contributed by atoms with Crippen molar-refractivity contribution in [2.75, 3.05) is 6.54 Å². The van der Waals surface area contributed by atoms with Crippen molar-refractivity contribution in [1.29, 1.82) is 0 Å².